The number of hydrogen-bond donors (Lipinski definition) is 1. The number of halogens is 1. The van der Waals surface area contributed by atoms with Crippen molar-refractivity contribution in [2.45, 2.75) is 32.1 Å². The number of carbonyl (C=O) groups is 1. The van der Waals surface area contributed by atoms with Crippen LogP contribution in [0, 0.1) is 11.2 Å². The molecule has 1 aromatic carbocycles. The Labute approximate surface area is 112 Å². The highest BCUT2D eigenvalue weighted by molar-refractivity contribution is 5.94. The number of rotatable bonds is 2. The van der Waals surface area contributed by atoms with Crippen LogP contribution < -0.4 is 4.90 Å². The van der Waals surface area contributed by atoms with E-state index in [0.717, 1.165) is 13.1 Å². The van der Waals surface area contributed by atoms with Crippen molar-refractivity contribution >= 4 is 11.7 Å². The van der Waals surface area contributed by atoms with Crippen molar-refractivity contribution in [3.8, 4) is 0 Å². The van der Waals surface area contributed by atoms with Gasteiger partial charge in [-0.1, -0.05) is 19.3 Å². The largest absolute Gasteiger partial charge is 0.478 e. The summed E-state index contributed by atoms with van der Waals surface area (Å²) in [7, 11) is 0. The third-order valence-electron chi connectivity index (χ3n) is 4.50. The van der Waals surface area contributed by atoms with Gasteiger partial charge in [-0.3, -0.25) is 0 Å². The van der Waals surface area contributed by atoms with Crippen LogP contribution in [0.25, 0.3) is 0 Å². The van der Waals surface area contributed by atoms with Crippen molar-refractivity contribution in [2.24, 2.45) is 5.41 Å². The van der Waals surface area contributed by atoms with Crippen molar-refractivity contribution in [1.29, 1.82) is 0 Å². The van der Waals surface area contributed by atoms with Crippen LogP contribution in [0.4, 0.5) is 10.1 Å². The summed E-state index contributed by atoms with van der Waals surface area (Å²) in [4.78, 5) is 13.2. The molecular weight excluding hydrogens is 245 g/mol. The molecule has 102 valence electrons. The van der Waals surface area contributed by atoms with Gasteiger partial charge < -0.3 is 10.0 Å². The van der Waals surface area contributed by atoms with Crippen LogP contribution in [-0.4, -0.2) is 24.2 Å². The summed E-state index contributed by atoms with van der Waals surface area (Å²) >= 11 is 0. The average Bonchev–Trinajstić information content (AvgIpc) is 2.36. The van der Waals surface area contributed by atoms with Crippen LogP contribution in [0.15, 0.2) is 18.2 Å². The predicted molar refractivity (Wildman–Crippen MR) is 71.1 cm³/mol. The molecule has 1 heterocycles. The monoisotopic (exact) mass is 263 g/mol. The van der Waals surface area contributed by atoms with Crippen LogP contribution >= 0.6 is 0 Å². The number of hydrogen-bond acceptors (Lipinski definition) is 2. The third-order valence-corrected chi connectivity index (χ3v) is 4.50. The first-order valence-corrected chi connectivity index (χ1v) is 6.88. The highest BCUT2D eigenvalue weighted by Crippen LogP contribution is 2.46. The minimum absolute atomic E-state index is 0.201. The van der Waals surface area contributed by atoms with Crippen molar-refractivity contribution in [1.82, 2.24) is 0 Å². The lowest BCUT2D eigenvalue weighted by molar-refractivity contribution is 0.0695. The van der Waals surface area contributed by atoms with Gasteiger partial charge in [0.1, 0.15) is 5.82 Å². The molecule has 1 spiro atoms. The van der Waals surface area contributed by atoms with Crippen molar-refractivity contribution in [3.63, 3.8) is 0 Å². The van der Waals surface area contributed by atoms with Gasteiger partial charge in [0.15, 0.2) is 0 Å². The fraction of sp³-hybridized carbons (Fsp3) is 0.533. The van der Waals surface area contributed by atoms with E-state index in [0.29, 0.717) is 11.1 Å². The maximum absolute atomic E-state index is 13.3. The molecule has 0 amide bonds. The molecule has 1 saturated carbocycles. The van der Waals surface area contributed by atoms with Gasteiger partial charge in [0.25, 0.3) is 0 Å². The van der Waals surface area contributed by atoms with E-state index in [4.69, 9.17) is 0 Å². The summed E-state index contributed by atoms with van der Waals surface area (Å²) < 4.78 is 13.3. The molecule has 0 unspecified atom stereocenters. The molecule has 2 fully saturated rings. The molecule has 1 aliphatic heterocycles. The number of carboxylic acids is 1. The van der Waals surface area contributed by atoms with Gasteiger partial charge in [-0.15, -0.1) is 0 Å². The molecule has 0 atom stereocenters. The number of aromatic carboxylic acids is 1. The first-order valence-electron chi connectivity index (χ1n) is 6.88. The molecule has 1 saturated heterocycles. The Morgan fingerprint density at radius 2 is 1.89 bits per heavy atom. The van der Waals surface area contributed by atoms with Crippen molar-refractivity contribution < 1.29 is 14.3 Å². The van der Waals surface area contributed by atoms with Crippen molar-refractivity contribution in [3.05, 3.63) is 29.6 Å². The zero-order chi connectivity index (χ0) is 13.5. The number of benzene rings is 1. The van der Waals surface area contributed by atoms with Gasteiger partial charge in [0.2, 0.25) is 0 Å². The molecule has 1 aromatic rings. The average molecular weight is 263 g/mol. The van der Waals surface area contributed by atoms with Crippen LogP contribution in [0.3, 0.4) is 0 Å². The quantitative estimate of drug-likeness (QED) is 0.890. The maximum Gasteiger partial charge on any atom is 0.337 e. The Morgan fingerprint density at radius 3 is 2.53 bits per heavy atom. The molecule has 0 aromatic heterocycles. The zero-order valence-electron chi connectivity index (χ0n) is 10.9. The smallest absolute Gasteiger partial charge is 0.337 e. The molecule has 3 rings (SSSR count). The normalized spacial score (nSPS) is 21.2. The van der Waals surface area contributed by atoms with E-state index < -0.39 is 5.97 Å². The molecule has 1 N–H and O–H groups in total. The lowest BCUT2D eigenvalue weighted by Crippen LogP contribution is -2.57. The van der Waals surface area contributed by atoms with Gasteiger partial charge in [-0.05, 0) is 31.0 Å². The minimum Gasteiger partial charge on any atom is -0.478 e. The summed E-state index contributed by atoms with van der Waals surface area (Å²) in [6.07, 6.45) is 6.29. The van der Waals surface area contributed by atoms with Crippen LogP contribution in [-0.2, 0) is 0 Å². The van der Waals surface area contributed by atoms with Gasteiger partial charge in [0, 0.05) is 18.5 Å². The number of carboxylic acid groups (broad SMARTS) is 1. The van der Waals surface area contributed by atoms with E-state index in [9.17, 15) is 14.3 Å². The Bertz CT molecular complexity index is 501. The van der Waals surface area contributed by atoms with E-state index in [2.05, 4.69) is 0 Å². The predicted octanol–water partition coefficient (Wildman–Crippen LogP) is 3.29. The third kappa shape index (κ3) is 2.20. The lowest BCUT2D eigenvalue weighted by Gasteiger charge is -2.53. The molecule has 19 heavy (non-hydrogen) atoms. The standard InChI is InChI=1S/C15H18FNO2/c16-11-4-5-12(14(18)19)13(8-11)17-9-15(10-17)6-2-1-3-7-15/h4-5,8H,1-3,6-7,9-10H2,(H,18,19). The molecule has 0 radical (unpaired) electrons. The Kier molecular flexibility index (Phi) is 2.96. The molecule has 2 aliphatic rings. The summed E-state index contributed by atoms with van der Waals surface area (Å²) in [5.74, 6) is -1.36. The molecule has 0 bridgehead atoms. The van der Waals surface area contributed by atoms with E-state index in [1.54, 1.807) is 0 Å². The van der Waals surface area contributed by atoms with E-state index in [-0.39, 0.29) is 11.4 Å². The minimum atomic E-state index is -0.986. The van der Waals surface area contributed by atoms with Crippen LogP contribution in [0.2, 0.25) is 0 Å². The number of nitrogens with zero attached hydrogens (tertiary/aromatic N) is 1. The van der Waals surface area contributed by atoms with E-state index in [1.165, 1.54) is 50.3 Å². The maximum atomic E-state index is 13.3. The SMILES string of the molecule is O=C(O)c1ccc(F)cc1N1CC2(CCCCC2)C1. The highest BCUT2D eigenvalue weighted by atomic mass is 19.1. The molecule has 4 heteroatoms. The highest BCUT2D eigenvalue weighted by Gasteiger charge is 2.44. The van der Waals surface area contributed by atoms with E-state index in [1.807, 2.05) is 4.90 Å². The summed E-state index contributed by atoms with van der Waals surface area (Å²) in [6, 6.07) is 3.92. The van der Waals surface area contributed by atoms with Gasteiger partial charge in [0.05, 0.1) is 11.3 Å². The molecule has 3 nitrogen and oxygen atoms in total. The topological polar surface area (TPSA) is 40.5 Å². The lowest BCUT2D eigenvalue weighted by atomic mass is 9.68. The zero-order valence-corrected chi connectivity index (χ0v) is 10.9. The van der Waals surface area contributed by atoms with Gasteiger partial charge in [-0.2, -0.15) is 0 Å². The first kappa shape index (κ1) is 12.5. The van der Waals surface area contributed by atoms with Crippen LogP contribution in [0.1, 0.15) is 42.5 Å². The second-order valence-corrected chi connectivity index (χ2v) is 5.88. The fourth-order valence-corrected chi connectivity index (χ4v) is 3.50. The van der Waals surface area contributed by atoms with Crippen molar-refractivity contribution in [2.75, 3.05) is 18.0 Å². The Balaban J connectivity index is 1.81. The second kappa shape index (κ2) is 4.51. The Hall–Kier alpha value is -1.58. The van der Waals surface area contributed by atoms with Gasteiger partial charge in [-0.25, -0.2) is 9.18 Å². The summed E-state index contributed by atoms with van der Waals surface area (Å²) in [5.41, 5.74) is 1.09. The van der Waals surface area contributed by atoms with E-state index >= 15 is 0 Å². The fourth-order valence-electron chi connectivity index (χ4n) is 3.50. The molecule has 1 aliphatic carbocycles. The number of anilines is 1. The molecular formula is C15H18FNO2. The summed E-state index contributed by atoms with van der Waals surface area (Å²) in [5, 5.41) is 9.18. The first-order chi connectivity index (χ1) is 9.10. The van der Waals surface area contributed by atoms with Gasteiger partial charge >= 0.3 is 5.97 Å². The second-order valence-electron chi connectivity index (χ2n) is 5.88. The van der Waals surface area contributed by atoms with Crippen LogP contribution in [0.5, 0.6) is 0 Å². The summed E-state index contributed by atoms with van der Waals surface area (Å²) in [6.45, 7) is 1.74. The Morgan fingerprint density at radius 1 is 1.21 bits per heavy atom.